The lowest BCUT2D eigenvalue weighted by Crippen LogP contribution is -2.25. The number of hydrogen-bond acceptors (Lipinski definition) is 7. The fourth-order valence-corrected chi connectivity index (χ4v) is 3.60. The van der Waals surface area contributed by atoms with Crippen LogP contribution in [0.15, 0.2) is 65.3 Å². The highest BCUT2D eigenvalue weighted by atomic mass is 16.1. The molecule has 0 unspecified atom stereocenters. The quantitative estimate of drug-likeness (QED) is 0.579. The largest absolute Gasteiger partial charge is 0.393 e. The molecule has 0 bridgehead atoms. The number of aryl methyl sites for hydroxylation is 1. The number of nitrogens with one attached hydrogen (secondary N) is 3. The van der Waals surface area contributed by atoms with Crippen LogP contribution < -0.4 is 16.2 Å². The van der Waals surface area contributed by atoms with E-state index in [-0.39, 0.29) is 5.56 Å². The Morgan fingerprint density at radius 1 is 1.19 bits per heavy atom. The average molecular weight is 425 g/mol. The maximum atomic E-state index is 13.7. The van der Waals surface area contributed by atoms with E-state index in [1.165, 1.54) is 4.68 Å². The van der Waals surface area contributed by atoms with E-state index in [1.807, 2.05) is 31.2 Å². The highest BCUT2D eigenvalue weighted by molar-refractivity contribution is 6.12. The standard InChI is InChI=1S/C24H23N7O/c1-14-3-4-15(13-27-14)22-23-20(9-10-21(29-23)28-17-5-6-17)30-31(24(22)32)18-7-8-19(25)16(11-18)12-26-2/h3-4,7-13,17,25-26H,5-6H2,1-2H3,(H,28,29)/b16-12-,25-19?. The molecule has 2 aliphatic carbocycles. The zero-order valence-electron chi connectivity index (χ0n) is 17.9. The van der Waals surface area contributed by atoms with Gasteiger partial charge in [-0.3, -0.25) is 9.78 Å². The first-order valence-corrected chi connectivity index (χ1v) is 10.5. The van der Waals surface area contributed by atoms with Crippen LogP contribution in [0.5, 0.6) is 0 Å². The Balaban J connectivity index is 1.74. The van der Waals surface area contributed by atoms with Gasteiger partial charge in [0, 0.05) is 42.3 Å². The van der Waals surface area contributed by atoms with Crippen LogP contribution in [-0.2, 0) is 0 Å². The van der Waals surface area contributed by atoms with Crippen LogP contribution >= 0.6 is 0 Å². The number of aromatic nitrogens is 4. The number of nitrogens with zero attached hydrogens (tertiary/aromatic N) is 4. The first-order valence-electron chi connectivity index (χ1n) is 10.5. The van der Waals surface area contributed by atoms with Crippen LogP contribution in [0.3, 0.4) is 0 Å². The van der Waals surface area contributed by atoms with E-state index in [1.54, 1.807) is 37.7 Å². The minimum Gasteiger partial charge on any atom is -0.393 e. The van der Waals surface area contributed by atoms with E-state index < -0.39 is 0 Å². The molecule has 0 spiro atoms. The van der Waals surface area contributed by atoms with E-state index in [2.05, 4.69) is 20.7 Å². The van der Waals surface area contributed by atoms with Crippen molar-refractivity contribution >= 4 is 28.3 Å². The molecule has 3 aromatic heterocycles. The average Bonchev–Trinajstić information content (AvgIpc) is 3.60. The van der Waals surface area contributed by atoms with Crippen molar-refractivity contribution in [1.29, 1.82) is 5.41 Å². The van der Waals surface area contributed by atoms with Gasteiger partial charge in [0.2, 0.25) is 0 Å². The molecular formula is C24H23N7O. The Kier molecular flexibility index (Phi) is 4.89. The molecule has 0 radical (unpaired) electrons. The molecule has 0 atom stereocenters. The zero-order valence-corrected chi connectivity index (χ0v) is 17.9. The summed E-state index contributed by atoms with van der Waals surface area (Å²) in [4.78, 5) is 22.8. The van der Waals surface area contributed by atoms with Crippen molar-refractivity contribution in [2.75, 3.05) is 12.4 Å². The molecule has 1 fully saturated rings. The Hall–Kier alpha value is -4.07. The van der Waals surface area contributed by atoms with Gasteiger partial charge >= 0.3 is 0 Å². The Bertz CT molecular complexity index is 1380. The molecule has 2 aliphatic rings. The van der Waals surface area contributed by atoms with Crippen LogP contribution in [0.25, 0.3) is 27.9 Å². The van der Waals surface area contributed by atoms with Gasteiger partial charge in [-0.05, 0) is 56.2 Å². The minimum atomic E-state index is -0.285. The second-order valence-corrected chi connectivity index (χ2v) is 7.97. The summed E-state index contributed by atoms with van der Waals surface area (Å²) in [5, 5.41) is 19.0. The lowest BCUT2D eigenvalue weighted by molar-refractivity contribution is 0.857. The van der Waals surface area contributed by atoms with Gasteiger partial charge in [0.15, 0.2) is 0 Å². The van der Waals surface area contributed by atoms with Crippen molar-refractivity contribution in [1.82, 2.24) is 25.1 Å². The van der Waals surface area contributed by atoms with E-state index in [0.717, 1.165) is 24.4 Å². The molecule has 8 heteroatoms. The summed E-state index contributed by atoms with van der Waals surface area (Å²) in [6.45, 7) is 1.91. The van der Waals surface area contributed by atoms with Crippen LogP contribution in [0.1, 0.15) is 18.5 Å². The van der Waals surface area contributed by atoms with Crippen molar-refractivity contribution in [3.05, 3.63) is 76.5 Å². The highest BCUT2D eigenvalue weighted by Crippen LogP contribution is 2.28. The number of anilines is 1. The summed E-state index contributed by atoms with van der Waals surface area (Å²) < 4.78 is 1.37. The third-order valence-electron chi connectivity index (χ3n) is 5.43. The van der Waals surface area contributed by atoms with Gasteiger partial charge in [0.05, 0.1) is 17.0 Å². The van der Waals surface area contributed by atoms with Gasteiger partial charge in [0.1, 0.15) is 16.9 Å². The molecule has 0 aliphatic heterocycles. The molecule has 3 aromatic rings. The predicted molar refractivity (Wildman–Crippen MR) is 127 cm³/mol. The van der Waals surface area contributed by atoms with E-state index in [9.17, 15) is 4.79 Å². The lowest BCUT2D eigenvalue weighted by Gasteiger charge is -2.15. The van der Waals surface area contributed by atoms with E-state index in [4.69, 9.17) is 10.4 Å². The Morgan fingerprint density at radius 3 is 2.75 bits per heavy atom. The van der Waals surface area contributed by atoms with E-state index >= 15 is 0 Å². The summed E-state index contributed by atoms with van der Waals surface area (Å²) in [5.74, 6) is 0.740. The van der Waals surface area contributed by atoms with Crippen LogP contribution in [-0.4, -0.2) is 38.5 Å². The summed E-state index contributed by atoms with van der Waals surface area (Å²) in [6, 6.07) is 7.99. The van der Waals surface area contributed by atoms with Gasteiger partial charge in [-0.15, -0.1) is 0 Å². The van der Waals surface area contributed by atoms with Crippen molar-refractivity contribution < 1.29 is 0 Å². The third kappa shape index (κ3) is 3.71. The molecule has 0 aromatic carbocycles. The normalized spacial score (nSPS) is 17.0. The monoisotopic (exact) mass is 425 g/mol. The number of pyridine rings is 2. The maximum Gasteiger partial charge on any atom is 0.281 e. The smallest absolute Gasteiger partial charge is 0.281 e. The third-order valence-corrected chi connectivity index (χ3v) is 5.43. The fourth-order valence-electron chi connectivity index (χ4n) is 3.60. The Morgan fingerprint density at radius 2 is 2.03 bits per heavy atom. The predicted octanol–water partition coefficient (Wildman–Crippen LogP) is 3.27. The maximum absolute atomic E-state index is 13.7. The molecular weight excluding hydrogens is 402 g/mol. The number of fused-ring (bicyclic) bond motifs is 1. The molecule has 160 valence electrons. The zero-order chi connectivity index (χ0) is 22.2. The summed E-state index contributed by atoms with van der Waals surface area (Å²) >= 11 is 0. The van der Waals surface area contributed by atoms with Crippen molar-refractivity contribution in [2.45, 2.75) is 25.8 Å². The van der Waals surface area contributed by atoms with Gasteiger partial charge in [-0.2, -0.15) is 9.78 Å². The summed E-state index contributed by atoms with van der Waals surface area (Å²) in [5.41, 5.74) is 4.49. The minimum absolute atomic E-state index is 0.285. The molecule has 0 amide bonds. The molecule has 1 saturated carbocycles. The van der Waals surface area contributed by atoms with Gasteiger partial charge < -0.3 is 16.0 Å². The van der Waals surface area contributed by atoms with Gasteiger partial charge in [-0.25, -0.2) is 4.98 Å². The number of allylic oxidation sites excluding steroid dienone is 5. The van der Waals surface area contributed by atoms with E-state index in [0.29, 0.717) is 45.2 Å². The van der Waals surface area contributed by atoms with Crippen LogP contribution in [0.4, 0.5) is 5.82 Å². The first-order chi connectivity index (χ1) is 15.5. The molecule has 3 N–H and O–H groups in total. The molecule has 32 heavy (non-hydrogen) atoms. The SMILES string of the molecule is CN/C=C1/C=C(n2nc3ccc(NC4CC4)nc3c(-c3ccc(C)nc3)c2=O)C=CC1=N. The molecule has 3 heterocycles. The lowest BCUT2D eigenvalue weighted by atomic mass is 10.0. The number of hydrogen-bond donors (Lipinski definition) is 3. The second-order valence-electron chi connectivity index (χ2n) is 7.97. The van der Waals surface area contributed by atoms with Crippen LogP contribution in [0.2, 0.25) is 0 Å². The topological polar surface area (TPSA) is 109 Å². The van der Waals surface area contributed by atoms with Crippen molar-refractivity contribution in [3.8, 4) is 11.1 Å². The molecule has 0 saturated heterocycles. The molecule has 8 nitrogen and oxygen atoms in total. The number of rotatable bonds is 5. The summed E-state index contributed by atoms with van der Waals surface area (Å²) in [6.07, 6.45) is 10.8. The Labute approximate surface area is 184 Å². The second kappa shape index (κ2) is 7.88. The van der Waals surface area contributed by atoms with Gasteiger partial charge in [0.25, 0.3) is 5.56 Å². The highest BCUT2D eigenvalue weighted by Gasteiger charge is 2.23. The molecule has 5 rings (SSSR count). The van der Waals surface area contributed by atoms with Crippen molar-refractivity contribution in [3.63, 3.8) is 0 Å². The first kappa shape index (κ1) is 19.9. The van der Waals surface area contributed by atoms with Crippen molar-refractivity contribution in [2.24, 2.45) is 0 Å². The summed E-state index contributed by atoms with van der Waals surface area (Å²) in [7, 11) is 1.77. The fraction of sp³-hybridized carbons (Fsp3) is 0.208. The van der Waals surface area contributed by atoms with Gasteiger partial charge in [-0.1, -0.05) is 6.07 Å². The van der Waals surface area contributed by atoms with Crippen LogP contribution in [0, 0.1) is 12.3 Å².